The average Bonchev–Trinajstić information content (AvgIpc) is 2.89. The minimum atomic E-state index is -0.331. The third kappa shape index (κ3) is 3.97. The van der Waals surface area contributed by atoms with Gasteiger partial charge in [-0.05, 0) is 37.6 Å². The number of anilines is 1. The Kier molecular flexibility index (Phi) is 5.09. The molecule has 2 saturated heterocycles. The van der Waals surface area contributed by atoms with E-state index in [4.69, 9.17) is 23.2 Å². The number of piperidine rings is 1. The Bertz CT molecular complexity index is 597. The van der Waals surface area contributed by atoms with E-state index in [-0.39, 0.29) is 30.2 Å². The second kappa shape index (κ2) is 7.07. The molecule has 0 spiro atoms. The van der Waals surface area contributed by atoms with Gasteiger partial charge in [0.1, 0.15) is 0 Å². The van der Waals surface area contributed by atoms with E-state index < -0.39 is 0 Å². The summed E-state index contributed by atoms with van der Waals surface area (Å²) in [5, 5.41) is 7.26. The van der Waals surface area contributed by atoms with Crippen molar-refractivity contribution in [2.75, 3.05) is 24.5 Å². The fourth-order valence-corrected chi connectivity index (χ4v) is 3.64. The van der Waals surface area contributed by atoms with E-state index in [1.54, 1.807) is 23.1 Å². The summed E-state index contributed by atoms with van der Waals surface area (Å²) in [4.78, 5) is 26.2. The molecule has 2 heterocycles. The van der Waals surface area contributed by atoms with Gasteiger partial charge in [-0.2, -0.15) is 0 Å². The van der Waals surface area contributed by atoms with Crippen molar-refractivity contribution in [2.45, 2.75) is 25.3 Å². The van der Waals surface area contributed by atoms with Gasteiger partial charge in [0.15, 0.2) is 0 Å². The molecule has 0 aromatic heterocycles. The highest BCUT2D eigenvalue weighted by atomic mass is 35.5. The molecule has 2 amide bonds. The van der Waals surface area contributed by atoms with Crippen LogP contribution in [0.2, 0.25) is 10.0 Å². The van der Waals surface area contributed by atoms with Crippen molar-refractivity contribution in [1.29, 1.82) is 0 Å². The summed E-state index contributed by atoms with van der Waals surface area (Å²) < 4.78 is 0. The van der Waals surface area contributed by atoms with E-state index in [0.29, 0.717) is 22.3 Å². The van der Waals surface area contributed by atoms with Crippen LogP contribution < -0.4 is 15.5 Å². The Hall–Kier alpha value is -1.30. The van der Waals surface area contributed by atoms with Gasteiger partial charge in [0.05, 0.1) is 5.92 Å². The van der Waals surface area contributed by atoms with E-state index in [0.717, 1.165) is 25.9 Å². The van der Waals surface area contributed by atoms with Crippen LogP contribution in [0.3, 0.4) is 0 Å². The fraction of sp³-hybridized carbons (Fsp3) is 0.500. The predicted molar refractivity (Wildman–Crippen MR) is 91.0 cm³/mol. The molecule has 0 aliphatic carbocycles. The third-order valence-corrected chi connectivity index (χ3v) is 4.73. The monoisotopic (exact) mass is 355 g/mol. The SMILES string of the molecule is O=C(N[C@H]1CCCNC1)C1CC(=O)N(c2cc(Cl)cc(Cl)c2)C1. The number of carbonyl (C=O) groups excluding carboxylic acids is 2. The van der Waals surface area contributed by atoms with Crippen LogP contribution in [0.25, 0.3) is 0 Å². The van der Waals surface area contributed by atoms with Gasteiger partial charge in [-0.25, -0.2) is 0 Å². The molecule has 23 heavy (non-hydrogen) atoms. The van der Waals surface area contributed by atoms with Crippen molar-refractivity contribution in [3.63, 3.8) is 0 Å². The minimum absolute atomic E-state index is 0.0531. The first-order chi connectivity index (χ1) is 11.0. The van der Waals surface area contributed by atoms with E-state index in [1.165, 1.54) is 0 Å². The molecule has 1 unspecified atom stereocenters. The Morgan fingerprint density at radius 3 is 2.65 bits per heavy atom. The van der Waals surface area contributed by atoms with Crippen LogP contribution in [0.15, 0.2) is 18.2 Å². The molecule has 2 N–H and O–H groups in total. The van der Waals surface area contributed by atoms with E-state index in [2.05, 4.69) is 10.6 Å². The van der Waals surface area contributed by atoms with E-state index in [9.17, 15) is 9.59 Å². The molecule has 0 bridgehead atoms. The smallest absolute Gasteiger partial charge is 0.227 e. The maximum Gasteiger partial charge on any atom is 0.227 e. The summed E-state index contributed by atoms with van der Waals surface area (Å²) in [6.45, 7) is 2.15. The first kappa shape index (κ1) is 16.6. The summed E-state index contributed by atoms with van der Waals surface area (Å²) in [5.74, 6) is -0.463. The van der Waals surface area contributed by atoms with Crippen molar-refractivity contribution >= 4 is 40.7 Å². The molecule has 7 heteroatoms. The number of rotatable bonds is 3. The second-order valence-corrected chi connectivity index (χ2v) is 6.96. The largest absolute Gasteiger partial charge is 0.352 e. The van der Waals surface area contributed by atoms with Crippen LogP contribution in [0.4, 0.5) is 5.69 Å². The molecule has 2 atom stereocenters. The molecular formula is C16H19Cl2N3O2. The highest BCUT2D eigenvalue weighted by molar-refractivity contribution is 6.35. The third-order valence-electron chi connectivity index (χ3n) is 4.30. The second-order valence-electron chi connectivity index (χ2n) is 6.08. The zero-order chi connectivity index (χ0) is 16.4. The number of hydrogen-bond acceptors (Lipinski definition) is 3. The van der Waals surface area contributed by atoms with Gasteiger partial charge in [0.2, 0.25) is 11.8 Å². The van der Waals surface area contributed by atoms with Crippen LogP contribution >= 0.6 is 23.2 Å². The zero-order valence-electron chi connectivity index (χ0n) is 12.6. The van der Waals surface area contributed by atoms with Crippen molar-refractivity contribution in [3.8, 4) is 0 Å². The summed E-state index contributed by atoms with van der Waals surface area (Å²) >= 11 is 12.0. The van der Waals surface area contributed by atoms with Crippen LogP contribution in [0.5, 0.6) is 0 Å². The molecule has 1 aromatic rings. The number of nitrogens with zero attached hydrogens (tertiary/aromatic N) is 1. The maximum atomic E-state index is 12.4. The number of amides is 2. The molecule has 1 aromatic carbocycles. The van der Waals surface area contributed by atoms with Crippen molar-refractivity contribution in [2.24, 2.45) is 5.92 Å². The average molecular weight is 356 g/mol. The minimum Gasteiger partial charge on any atom is -0.352 e. The van der Waals surface area contributed by atoms with Gasteiger partial charge in [-0.15, -0.1) is 0 Å². The lowest BCUT2D eigenvalue weighted by Gasteiger charge is -2.25. The Balaban J connectivity index is 1.65. The summed E-state index contributed by atoms with van der Waals surface area (Å²) in [7, 11) is 0. The molecule has 2 aliphatic rings. The van der Waals surface area contributed by atoms with Gasteiger partial charge in [-0.3, -0.25) is 9.59 Å². The molecule has 2 aliphatic heterocycles. The number of benzene rings is 1. The Morgan fingerprint density at radius 2 is 2.00 bits per heavy atom. The van der Waals surface area contributed by atoms with Crippen molar-refractivity contribution < 1.29 is 9.59 Å². The highest BCUT2D eigenvalue weighted by Crippen LogP contribution is 2.30. The summed E-state index contributed by atoms with van der Waals surface area (Å²) in [6, 6.07) is 5.15. The van der Waals surface area contributed by atoms with Gasteiger partial charge >= 0.3 is 0 Å². The Morgan fingerprint density at radius 1 is 1.26 bits per heavy atom. The lowest BCUT2D eigenvalue weighted by atomic mass is 10.0. The molecular weight excluding hydrogens is 337 g/mol. The Labute approximate surface area is 145 Å². The van der Waals surface area contributed by atoms with Gasteiger partial charge in [-0.1, -0.05) is 23.2 Å². The number of carbonyl (C=O) groups is 2. The molecule has 2 fully saturated rings. The molecule has 3 rings (SSSR count). The first-order valence-electron chi connectivity index (χ1n) is 7.80. The molecule has 5 nitrogen and oxygen atoms in total. The fourth-order valence-electron chi connectivity index (χ4n) is 3.12. The predicted octanol–water partition coefficient (Wildman–Crippen LogP) is 2.21. The van der Waals surface area contributed by atoms with E-state index >= 15 is 0 Å². The summed E-state index contributed by atoms with van der Waals surface area (Å²) in [5.41, 5.74) is 0.641. The topological polar surface area (TPSA) is 61.4 Å². The number of nitrogens with one attached hydrogen (secondary N) is 2. The normalized spacial score (nSPS) is 24.8. The van der Waals surface area contributed by atoms with Crippen LogP contribution in [0, 0.1) is 5.92 Å². The molecule has 0 saturated carbocycles. The first-order valence-corrected chi connectivity index (χ1v) is 8.56. The standard InChI is InChI=1S/C16H19Cl2N3O2/c17-11-5-12(18)7-14(6-11)21-9-10(4-15(21)22)16(23)20-13-2-1-3-19-8-13/h5-7,10,13,19H,1-4,8-9H2,(H,20,23)/t10?,13-/m0/s1. The van der Waals surface area contributed by atoms with Gasteiger partial charge in [0, 0.05) is 41.3 Å². The van der Waals surface area contributed by atoms with Crippen molar-refractivity contribution in [1.82, 2.24) is 10.6 Å². The number of hydrogen-bond donors (Lipinski definition) is 2. The molecule has 0 radical (unpaired) electrons. The molecule has 124 valence electrons. The number of halogens is 2. The quantitative estimate of drug-likeness (QED) is 0.873. The van der Waals surface area contributed by atoms with Gasteiger partial charge < -0.3 is 15.5 Å². The van der Waals surface area contributed by atoms with Crippen LogP contribution in [0.1, 0.15) is 19.3 Å². The maximum absolute atomic E-state index is 12.4. The van der Waals surface area contributed by atoms with Gasteiger partial charge in [0.25, 0.3) is 0 Å². The summed E-state index contributed by atoms with van der Waals surface area (Å²) in [6.07, 6.45) is 2.25. The van der Waals surface area contributed by atoms with Crippen LogP contribution in [-0.4, -0.2) is 37.5 Å². The van der Waals surface area contributed by atoms with E-state index in [1.807, 2.05) is 0 Å². The lowest BCUT2D eigenvalue weighted by Crippen LogP contribution is -2.47. The van der Waals surface area contributed by atoms with Crippen molar-refractivity contribution in [3.05, 3.63) is 28.2 Å². The van der Waals surface area contributed by atoms with Crippen LogP contribution in [-0.2, 0) is 9.59 Å². The zero-order valence-corrected chi connectivity index (χ0v) is 14.2. The highest BCUT2D eigenvalue weighted by Gasteiger charge is 2.36. The lowest BCUT2D eigenvalue weighted by molar-refractivity contribution is -0.127.